The molecule has 1 aromatic carbocycles. The number of benzene rings is 1. The summed E-state index contributed by atoms with van der Waals surface area (Å²) in [6.07, 6.45) is -1.44. The van der Waals surface area contributed by atoms with Gasteiger partial charge >= 0.3 is 6.43 Å². The summed E-state index contributed by atoms with van der Waals surface area (Å²) < 4.78 is 37.9. The molecule has 1 aliphatic heterocycles. The van der Waals surface area contributed by atoms with Crippen molar-refractivity contribution >= 4 is 35.3 Å². The Kier molecular flexibility index (Phi) is 5.40. The molecule has 0 radical (unpaired) electrons. The largest absolute Gasteiger partial charge is 0.418 e. The first-order chi connectivity index (χ1) is 13.5. The summed E-state index contributed by atoms with van der Waals surface area (Å²) in [5.74, 6) is 0.224. The second kappa shape index (κ2) is 7.96. The summed E-state index contributed by atoms with van der Waals surface area (Å²) in [5, 5.41) is 7.55. The van der Waals surface area contributed by atoms with Crippen LogP contribution in [-0.4, -0.2) is 40.1 Å². The van der Waals surface area contributed by atoms with Gasteiger partial charge in [-0.05, 0) is 30.1 Å². The van der Waals surface area contributed by atoms with Crippen molar-refractivity contribution in [1.82, 2.24) is 15.2 Å². The number of rotatable bonds is 7. The van der Waals surface area contributed by atoms with E-state index in [1.165, 1.54) is 6.20 Å². The molecule has 11 heteroatoms. The minimum atomic E-state index is -2.83. The molecule has 0 saturated carbocycles. The Balaban J connectivity index is 1.43. The van der Waals surface area contributed by atoms with Crippen LogP contribution in [0.3, 0.4) is 0 Å². The van der Waals surface area contributed by atoms with Gasteiger partial charge in [-0.15, -0.1) is 10.2 Å². The highest BCUT2D eigenvalue weighted by Gasteiger charge is 2.35. The van der Waals surface area contributed by atoms with Crippen LogP contribution in [-0.2, 0) is 0 Å². The molecule has 4 rings (SSSR count). The van der Waals surface area contributed by atoms with Crippen LogP contribution in [0.25, 0.3) is 11.7 Å². The van der Waals surface area contributed by atoms with Crippen molar-refractivity contribution in [3.63, 3.8) is 0 Å². The van der Waals surface area contributed by atoms with Crippen molar-refractivity contribution in [2.24, 2.45) is 0 Å². The van der Waals surface area contributed by atoms with Gasteiger partial charge < -0.3 is 18.0 Å². The second-order valence-corrected chi connectivity index (χ2v) is 7.70. The maximum absolute atomic E-state index is 12.6. The Morgan fingerprint density at radius 1 is 1.32 bits per heavy atom. The zero-order valence-electron chi connectivity index (χ0n) is 14.8. The lowest BCUT2D eigenvalue weighted by Crippen LogP contribution is -2.58. The third-order valence-electron chi connectivity index (χ3n) is 4.13. The van der Waals surface area contributed by atoms with Crippen molar-refractivity contribution in [2.45, 2.75) is 19.4 Å². The van der Waals surface area contributed by atoms with E-state index in [2.05, 4.69) is 26.4 Å². The molecule has 0 spiro atoms. The normalized spacial score (nSPS) is 14.5. The van der Waals surface area contributed by atoms with E-state index in [4.69, 9.17) is 20.4 Å². The van der Waals surface area contributed by atoms with E-state index in [9.17, 15) is 8.78 Å². The van der Waals surface area contributed by atoms with Crippen LogP contribution in [0.4, 0.5) is 20.5 Å². The Hall–Kier alpha value is -2.33. The lowest BCUT2D eigenvalue weighted by molar-refractivity contribution is 0.115. The third-order valence-corrected chi connectivity index (χ3v) is 5.41. The molecule has 0 unspecified atom stereocenters. The number of nitrogens with zero attached hydrogens (tertiary/aromatic N) is 5. The molecule has 3 aromatic rings. The van der Waals surface area contributed by atoms with Gasteiger partial charge in [0.1, 0.15) is 0 Å². The molecule has 1 aliphatic rings. The molecule has 7 nitrogen and oxygen atoms in total. The average Bonchev–Trinajstić information content (AvgIpc) is 3.29. The summed E-state index contributed by atoms with van der Waals surface area (Å²) >= 11 is 7.84. The second-order valence-electron chi connectivity index (χ2n) is 6.04. The SMILES string of the molecule is CCSN(c1cccc(Cl)c1)C1CN(c2ncc(-c3nnc(C(F)F)o3)o2)C1. The Morgan fingerprint density at radius 2 is 2.14 bits per heavy atom. The van der Waals surface area contributed by atoms with E-state index < -0.39 is 12.3 Å². The number of halogens is 3. The van der Waals surface area contributed by atoms with Crippen LogP contribution >= 0.6 is 23.5 Å². The van der Waals surface area contributed by atoms with E-state index >= 15 is 0 Å². The van der Waals surface area contributed by atoms with Crippen LogP contribution < -0.4 is 9.21 Å². The number of hydrogen-bond acceptors (Lipinski definition) is 8. The van der Waals surface area contributed by atoms with E-state index in [1.807, 2.05) is 29.2 Å². The first-order valence-electron chi connectivity index (χ1n) is 8.55. The predicted molar refractivity (Wildman–Crippen MR) is 103 cm³/mol. The molecule has 0 aliphatic carbocycles. The average molecular weight is 428 g/mol. The standard InChI is InChI=1S/C17H16ClF2N5O2S/c1-2-28-25(11-5-3-4-10(18)6-11)12-8-24(9-12)17-21-7-13(26-17)15-22-23-16(27-15)14(19)20/h3-7,12,14H,2,8-9H2,1H3. The van der Waals surface area contributed by atoms with Crippen LogP contribution in [0.1, 0.15) is 19.2 Å². The number of anilines is 2. The molecule has 2 aromatic heterocycles. The van der Waals surface area contributed by atoms with Gasteiger partial charge in [-0.1, -0.05) is 24.6 Å². The molecule has 1 fully saturated rings. The fourth-order valence-corrected chi connectivity index (χ4v) is 3.90. The summed E-state index contributed by atoms with van der Waals surface area (Å²) in [6.45, 7) is 3.49. The van der Waals surface area contributed by atoms with E-state index in [0.717, 1.165) is 11.4 Å². The summed E-state index contributed by atoms with van der Waals surface area (Å²) in [7, 11) is 0. The lowest BCUT2D eigenvalue weighted by atomic mass is 10.1. The molecule has 0 bridgehead atoms. The van der Waals surface area contributed by atoms with Gasteiger partial charge in [0.15, 0.2) is 0 Å². The van der Waals surface area contributed by atoms with Gasteiger partial charge in [0.25, 0.3) is 17.8 Å². The van der Waals surface area contributed by atoms with Crippen LogP contribution in [0.5, 0.6) is 0 Å². The van der Waals surface area contributed by atoms with E-state index in [1.54, 1.807) is 11.9 Å². The molecule has 0 N–H and O–H groups in total. The Labute approximate surface area is 168 Å². The third kappa shape index (κ3) is 3.79. The zero-order chi connectivity index (χ0) is 19.7. The molecular weight excluding hydrogens is 412 g/mol. The van der Waals surface area contributed by atoms with Crippen LogP contribution in [0.15, 0.2) is 39.3 Å². The maximum Gasteiger partial charge on any atom is 0.314 e. The highest BCUT2D eigenvalue weighted by Crippen LogP contribution is 2.34. The van der Waals surface area contributed by atoms with Gasteiger partial charge in [0.05, 0.1) is 12.2 Å². The van der Waals surface area contributed by atoms with Crippen molar-refractivity contribution in [1.29, 1.82) is 0 Å². The van der Waals surface area contributed by atoms with Gasteiger partial charge in [-0.2, -0.15) is 8.78 Å². The molecule has 1 saturated heterocycles. The molecule has 3 heterocycles. The topological polar surface area (TPSA) is 71.4 Å². The summed E-state index contributed by atoms with van der Waals surface area (Å²) in [5.41, 5.74) is 1.04. The Bertz CT molecular complexity index is 947. The number of alkyl halides is 2. The molecule has 0 atom stereocenters. The minimum Gasteiger partial charge on any atom is -0.418 e. The first kappa shape index (κ1) is 19.0. The summed E-state index contributed by atoms with van der Waals surface area (Å²) in [6, 6.07) is 8.37. The van der Waals surface area contributed by atoms with E-state index in [0.29, 0.717) is 24.1 Å². The zero-order valence-corrected chi connectivity index (χ0v) is 16.3. The number of aromatic nitrogens is 3. The van der Waals surface area contributed by atoms with Gasteiger partial charge in [-0.25, -0.2) is 4.98 Å². The number of hydrogen-bond donors (Lipinski definition) is 0. The molecular formula is C17H16ClF2N5O2S. The van der Waals surface area contributed by atoms with Crippen molar-refractivity contribution in [2.75, 3.05) is 28.0 Å². The van der Waals surface area contributed by atoms with Gasteiger partial charge in [0, 0.05) is 29.6 Å². The molecule has 0 amide bonds. The number of oxazole rings is 1. The molecule has 28 heavy (non-hydrogen) atoms. The van der Waals surface area contributed by atoms with Crippen LogP contribution in [0, 0.1) is 0 Å². The van der Waals surface area contributed by atoms with Gasteiger partial charge in [-0.3, -0.25) is 0 Å². The molecule has 148 valence electrons. The maximum atomic E-state index is 12.6. The first-order valence-corrected chi connectivity index (χ1v) is 9.87. The fraction of sp³-hybridized carbons (Fsp3) is 0.353. The minimum absolute atomic E-state index is 0.117. The quantitative estimate of drug-likeness (QED) is 0.503. The van der Waals surface area contributed by atoms with Crippen molar-refractivity contribution in [3.05, 3.63) is 41.4 Å². The van der Waals surface area contributed by atoms with Crippen molar-refractivity contribution < 1.29 is 17.6 Å². The predicted octanol–water partition coefficient (Wildman–Crippen LogP) is 4.68. The van der Waals surface area contributed by atoms with Crippen LogP contribution in [0.2, 0.25) is 5.02 Å². The monoisotopic (exact) mass is 427 g/mol. The van der Waals surface area contributed by atoms with E-state index in [-0.39, 0.29) is 17.7 Å². The van der Waals surface area contributed by atoms with Crippen molar-refractivity contribution in [3.8, 4) is 11.7 Å². The summed E-state index contributed by atoms with van der Waals surface area (Å²) in [4.78, 5) is 6.14. The smallest absolute Gasteiger partial charge is 0.314 e. The van der Waals surface area contributed by atoms with Gasteiger partial charge in [0.2, 0.25) is 5.76 Å². The highest BCUT2D eigenvalue weighted by atomic mass is 35.5. The Morgan fingerprint density at radius 3 is 2.82 bits per heavy atom. The fourth-order valence-electron chi connectivity index (χ4n) is 2.84. The highest BCUT2D eigenvalue weighted by molar-refractivity contribution is 8.00. The lowest BCUT2D eigenvalue weighted by Gasteiger charge is -2.44.